The summed E-state index contributed by atoms with van der Waals surface area (Å²) >= 11 is 0. The molecule has 0 saturated carbocycles. The van der Waals surface area contributed by atoms with Crippen LogP contribution in [0.3, 0.4) is 0 Å². The van der Waals surface area contributed by atoms with Crippen molar-refractivity contribution < 1.29 is 19.1 Å². The lowest BCUT2D eigenvalue weighted by molar-refractivity contribution is -0.140. The Labute approximate surface area is 107 Å². The molecule has 0 aromatic rings. The van der Waals surface area contributed by atoms with Crippen molar-refractivity contribution in [1.29, 1.82) is 0 Å². The van der Waals surface area contributed by atoms with Crippen molar-refractivity contribution in [1.82, 2.24) is 4.90 Å². The van der Waals surface area contributed by atoms with Crippen molar-refractivity contribution in [3.63, 3.8) is 0 Å². The molecule has 1 saturated heterocycles. The normalized spacial score (nSPS) is 24.7. The van der Waals surface area contributed by atoms with Gasteiger partial charge < -0.3 is 4.74 Å². The zero-order valence-electron chi connectivity index (χ0n) is 11.2. The van der Waals surface area contributed by atoms with Gasteiger partial charge in [-0.1, -0.05) is 26.8 Å². The Bertz CT molecular complexity index is 380. The van der Waals surface area contributed by atoms with Gasteiger partial charge in [0.25, 0.3) is 0 Å². The summed E-state index contributed by atoms with van der Waals surface area (Å²) in [6, 6.07) is 0. The van der Waals surface area contributed by atoms with Gasteiger partial charge in [0, 0.05) is 24.0 Å². The molecule has 1 heterocycles. The highest BCUT2D eigenvalue weighted by Gasteiger charge is 2.41. The second-order valence-corrected chi connectivity index (χ2v) is 4.44. The first kappa shape index (κ1) is 14.4. The van der Waals surface area contributed by atoms with E-state index in [1.54, 1.807) is 19.9 Å². The third-order valence-corrected chi connectivity index (χ3v) is 3.41. The van der Waals surface area contributed by atoms with Gasteiger partial charge in [0.05, 0.1) is 7.11 Å². The second kappa shape index (κ2) is 5.80. The molecule has 5 heteroatoms. The molecular formula is C13H19NO4. The standard InChI is InChI=1S/C13H19NO4/c1-5-10(13(17)18-4)6-7-14-11(15)8(2)9(3)12(14)16/h6,8-9H,5,7H2,1-4H3. The third-order valence-electron chi connectivity index (χ3n) is 3.41. The van der Waals surface area contributed by atoms with E-state index in [1.807, 2.05) is 6.92 Å². The van der Waals surface area contributed by atoms with Crippen molar-refractivity contribution in [2.24, 2.45) is 11.8 Å². The topological polar surface area (TPSA) is 63.7 Å². The molecule has 0 aliphatic carbocycles. The Morgan fingerprint density at radius 2 is 1.78 bits per heavy atom. The van der Waals surface area contributed by atoms with Gasteiger partial charge in [-0.05, 0) is 6.42 Å². The van der Waals surface area contributed by atoms with Gasteiger partial charge in [-0.15, -0.1) is 0 Å². The van der Waals surface area contributed by atoms with E-state index in [0.717, 1.165) is 0 Å². The van der Waals surface area contributed by atoms with Crippen LogP contribution in [-0.4, -0.2) is 36.3 Å². The molecule has 2 unspecified atom stereocenters. The molecule has 0 N–H and O–H groups in total. The third kappa shape index (κ3) is 2.60. The molecular weight excluding hydrogens is 234 g/mol. The molecule has 5 nitrogen and oxygen atoms in total. The molecule has 1 fully saturated rings. The van der Waals surface area contributed by atoms with Crippen LogP contribution in [-0.2, 0) is 19.1 Å². The summed E-state index contributed by atoms with van der Waals surface area (Å²) in [6.45, 7) is 5.46. The van der Waals surface area contributed by atoms with Crippen LogP contribution in [0, 0.1) is 11.8 Å². The van der Waals surface area contributed by atoms with E-state index in [2.05, 4.69) is 4.74 Å². The summed E-state index contributed by atoms with van der Waals surface area (Å²) < 4.78 is 4.62. The largest absolute Gasteiger partial charge is 0.466 e. The molecule has 1 aliphatic rings. The van der Waals surface area contributed by atoms with Gasteiger partial charge >= 0.3 is 5.97 Å². The van der Waals surface area contributed by atoms with Crippen molar-refractivity contribution in [2.45, 2.75) is 27.2 Å². The Balaban J connectivity index is 2.79. The zero-order chi connectivity index (χ0) is 13.9. The minimum Gasteiger partial charge on any atom is -0.466 e. The van der Waals surface area contributed by atoms with Gasteiger partial charge in [-0.3, -0.25) is 14.5 Å². The molecule has 0 aromatic heterocycles. The minimum absolute atomic E-state index is 0.143. The van der Waals surface area contributed by atoms with E-state index in [-0.39, 0.29) is 30.2 Å². The first-order chi connectivity index (χ1) is 8.43. The SMILES string of the molecule is CCC(=CCN1C(=O)C(C)C(C)C1=O)C(=O)OC. The molecule has 0 bridgehead atoms. The predicted molar refractivity (Wildman–Crippen MR) is 65.4 cm³/mol. The summed E-state index contributed by atoms with van der Waals surface area (Å²) in [5.74, 6) is -1.34. The van der Waals surface area contributed by atoms with Gasteiger partial charge in [0.15, 0.2) is 0 Å². The van der Waals surface area contributed by atoms with Crippen LogP contribution in [0.2, 0.25) is 0 Å². The molecule has 1 rings (SSSR count). The average molecular weight is 253 g/mol. The molecule has 0 spiro atoms. The van der Waals surface area contributed by atoms with Crippen molar-refractivity contribution in [3.05, 3.63) is 11.6 Å². The van der Waals surface area contributed by atoms with E-state index in [0.29, 0.717) is 12.0 Å². The number of methoxy groups -OCH3 is 1. The highest BCUT2D eigenvalue weighted by atomic mass is 16.5. The number of carbonyl (C=O) groups excluding carboxylic acids is 3. The Hall–Kier alpha value is -1.65. The number of rotatable bonds is 4. The first-order valence-corrected chi connectivity index (χ1v) is 6.06. The van der Waals surface area contributed by atoms with Crippen LogP contribution in [0.25, 0.3) is 0 Å². The number of hydrogen-bond donors (Lipinski definition) is 0. The maximum Gasteiger partial charge on any atom is 0.333 e. The van der Waals surface area contributed by atoms with Crippen LogP contribution in [0.5, 0.6) is 0 Å². The van der Waals surface area contributed by atoms with Crippen LogP contribution in [0.1, 0.15) is 27.2 Å². The van der Waals surface area contributed by atoms with Gasteiger partial charge in [-0.2, -0.15) is 0 Å². The Morgan fingerprint density at radius 3 is 2.17 bits per heavy atom. The molecule has 1 aliphatic heterocycles. The van der Waals surface area contributed by atoms with Crippen molar-refractivity contribution >= 4 is 17.8 Å². The summed E-state index contributed by atoms with van der Waals surface area (Å²) in [4.78, 5) is 36.2. The van der Waals surface area contributed by atoms with E-state index >= 15 is 0 Å². The average Bonchev–Trinajstić information content (AvgIpc) is 2.56. The minimum atomic E-state index is -0.419. The van der Waals surface area contributed by atoms with E-state index < -0.39 is 5.97 Å². The first-order valence-electron chi connectivity index (χ1n) is 6.06. The van der Waals surface area contributed by atoms with Gasteiger partial charge in [0.2, 0.25) is 11.8 Å². The molecule has 0 radical (unpaired) electrons. The fourth-order valence-corrected chi connectivity index (χ4v) is 1.91. The molecule has 18 heavy (non-hydrogen) atoms. The zero-order valence-corrected chi connectivity index (χ0v) is 11.2. The van der Waals surface area contributed by atoms with Crippen LogP contribution in [0.4, 0.5) is 0 Å². The number of imide groups is 1. The second-order valence-electron chi connectivity index (χ2n) is 4.44. The Kier molecular flexibility index (Phi) is 4.64. The number of esters is 1. The quantitative estimate of drug-likeness (QED) is 0.428. The summed E-state index contributed by atoms with van der Waals surface area (Å²) in [5, 5.41) is 0. The number of ether oxygens (including phenoxy) is 1. The van der Waals surface area contributed by atoms with Crippen LogP contribution in [0.15, 0.2) is 11.6 Å². The Morgan fingerprint density at radius 1 is 1.28 bits per heavy atom. The number of likely N-dealkylation sites (tertiary alicyclic amines) is 1. The van der Waals surface area contributed by atoms with E-state index in [9.17, 15) is 14.4 Å². The molecule has 0 aromatic carbocycles. The number of hydrogen-bond acceptors (Lipinski definition) is 4. The van der Waals surface area contributed by atoms with Gasteiger partial charge in [0.1, 0.15) is 0 Å². The number of nitrogens with zero attached hydrogens (tertiary/aromatic N) is 1. The van der Waals surface area contributed by atoms with E-state index in [1.165, 1.54) is 12.0 Å². The fraction of sp³-hybridized carbons (Fsp3) is 0.615. The highest BCUT2D eigenvalue weighted by molar-refractivity contribution is 6.04. The monoisotopic (exact) mass is 253 g/mol. The smallest absolute Gasteiger partial charge is 0.333 e. The summed E-state index contributed by atoms with van der Waals surface area (Å²) in [5.41, 5.74) is 0.477. The fourth-order valence-electron chi connectivity index (χ4n) is 1.91. The lowest BCUT2D eigenvalue weighted by atomic mass is 10.00. The van der Waals surface area contributed by atoms with Crippen LogP contribution >= 0.6 is 0 Å². The van der Waals surface area contributed by atoms with E-state index in [4.69, 9.17) is 0 Å². The summed E-state index contributed by atoms with van der Waals surface area (Å²) in [6.07, 6.45) is 2.10. The maximum absolute atomic E-state index is 11.8. The number of carbonyl (C=O) groups is 3. The predicted octanol–water partition coefficient (Wildman–Crippen LogP) is 1.14. The maximum atomic E-state index is 11.8. The lowest BCUT2D eigenvalue weighted by Gasteiger charge is -2.12. The molecule has 100 valence electrons. The van der Waals surface area contributed by atoms with Crippen molar-refractivity contribution in [3.8, 4) is 0 Å². The lowest BCUT2D eigenvalue weighted by Crippen LogP contribution is -2.31. The van der Waals surface area contributed by atoms with Gasteiger partial charge in [-0.25, -0.2) is 4.79 Å². The van der Waals surface area contributed by atoms with Crippen LogP contribution < -0.4 is 0 Å². The van der Waals surface area contributed by atoms with Crippen molar-refractivity contribution in [2.75, 3.05) is 13.7 Å². The summed E-state index contributed by atoms with van der Waals surface area (Å²) in [7, 11) is 1.31. The molecule has 2 amide bonds. The molecule has 2 atom stereocenters. The number of amides is 2. The highest BCUT2D eigenvalue weighted by Crippen LogP contribution is 2.25.